The number of hydrogen-bond acceptors (Lipinski definition) is 4. The van der Waals surface area contributed by atoms with Crippen LogP contribution in [0.1, 0.15) is 37.8 Å². The van der Waals surface area contributed by atoms with Gasteiger partial charge < -0.3 is 15.5 Å². The van der Waals surface area contributed by atoms with Crippen LogP contribution in [-0.2, 0) is 4.79 Å². The van der Waals surface area contributed by atoms with Crippen LogP contribution in [-0.4, -0.2) is 36.4 Å². The highest BCUT2D eigenvalue weighted by Crippen LogP contribution is 2.34. The molecule has 2 aliphatic rings. The number of benzene rings is 1. The molecule has 2 aliphatic heterocycles. The maximum absolute atomic E-state index is 11.5. The zero-order valence-corrected chi connectivity index (χ0v) is 13.5. The summed E-state index contributed by atoms with van der Waals surface area (Å²) in [5.41, 5.74) is 1.95. The van der Waals surface area contributed by atoms with Gasteiger partial charge in [-0.25, -0.2) is 4.99 Å². The van der Waals surface area contributed by atoms with Crippen LogP contribution in [0.3, 0.4) is 0 Å². The summed E-state index contributed by atoms with van der Waals surface area (Å²) >= 11 is 6.23. The summed E-state index contributed by atoms with van der Waals surface area (Å²) in [5, 5.41) is 7.38. The van der Waals surface area contributed by atoms with E-state index in [2.05, 4.69) is 22.5 Å². The van der Waals surface area contributed by atoms with Gasteiger partial charge in [0.1, 0.15) is 0 Å². The summed E-state index contributed by atoms with van der Waals surface area (Å²) in [6, 6.07) is 5.91. The number of fused-ring (bicyclic) bond motifs is 1. The van der Waals surface area contributed by atoms with E-state index in [1.807, 2.05) is 23.1 Å². The van der Waals surface area contributed by atoms with Crippen molar-refractivity contribution < 1.29 is 4.79 Å². The van der Waals surface area contributed by atoms with Gasteiger partial charge in [0.2, 0.25) is 5.91 Å². The van der Waals surface area contributed by atoms with Gasteiger partial charge in [-0.05, 0) is 31.9 Å². The minimum absolute atomic E-state index is 0.129. The molecule has 1 atom stereocenters. The molecule has 2 N–H and O–H groups in total. The Kier molecular flexibility index (Phi) is 4.52. The number of halogens is 1. The second kappa shape index (κ2) is 6.57. The molecule has 1 aromatic rings. The van der Waals surface area contributed by atoms with E-state index in [1.165, 1.54) is 0 Å². The Bertz CT molecular complexity index is 602. The Morgan fingerprint density at radius 3 is 3.14 bits per heavy atom. The normalized spacial score (nSPS) is 20.5. The van der Waals surface area contributed by atoms with E-state index in [-0.39, 0.29) is 11.9 Å². The zero-order valence-electron chi connectivity index (χ0n) is 12.7. The Hall–Kier alpha value is -1.75. The fourth-order valence-corrected chi connectivity index (χ4v) is 3.32. The van der Waals surface area contributed by atoms with Crippen LogP contribution in [0.2, 0.25) is 5.02 Å². The van der Waals surface area contributed by atoms with Gasteiger partial charge in [0.25, 0.3) is 0 Å². The number of hydrogen-bond donors (Lipinski definition) is 2. The second-order valence-corrected chi connectivity index (χ2v) is 6.17. The number of carbonyl (C=O) groups excluding carboxylic acids is 1. The predicted molar refractivity (Wildman–Crippen MR) is 88.5 cm³/mol. The highest BCUT2D eigenvalue weighted by molar-refractivity contribution is 6.31. The molecule has 5 nitrogen and oxygen atoms in total. The molecule has 1 unspecified atom stereocenters. The minimum Gasteiger partial charge on any atom is -0.356 e. The number of nitrogens with one attached hydrogen (secondary N) is 2. The second-order valence-electron chi connectivity index (χ2n) is 5.76. The molecule has 118 valence electrons. The number of carbonyl (C=O) groups is 1. The topological polar surface area (TPSA) is 56.7 Å². The molecule has 0 aliphatic carbocycles. The predicted octanol–water partition coefficient (Wildman–Crippen LogP) is 2.59. The molecule has 3 rings (SSSR count). The average molecular weight is 321 g/mol. The lowest BCUT2D eigenvalue weighted by atomic mass is 10.1. The molecule has 6 heteroatoms. The first-order chi connectivity index (χ1) is 10.6. The maximum Gasteiger partial charge on any atom is 0.222 e. The van der Waals surface area contributed by atoms with Gasteiger partial charge in [0, 0.05) is 36.6 Å². The molecule has 1 saturated heterocycles. The van der Waals surface area contributed by atoms with Crippen molar-refractivity contribution in [3.05, 3.63) is 28.8 Å². The van der Waals surface area contributed by atoms with Crippen LogP contribution < -0.4 is 10.6 Å². The van der Waals surface area contributed by atoms with E-state index >= 15 is 0 Å². The van der Waals surface area contributed by atoms with Crippen molar-refractivity contribution in [1.29, 1.82) is 0 Å². The van der Waals surface area contributed by atoms with Crippen molar-refractivity contribution in [3.63, 3.8) is 0 Å². The van der Waals surface area contributed by atoms with E-state index in [1.54, 1.807) is 0 Å². The third-order valence-corrected chi connectivity index (χ3v) is 4.45. The molecule has 0 saturated carbocycles. The summed E-state index contributed by atoms with van der Waals surface area (Å²) in [6.45, 7) is 4.58. The number of guanidine groups is 1. The zero-order chi connectivity index (χ0) is 15.5. The molecular weight excluding hydrogens is 300 g/mol. The smallest absolute Gasteiger partial charge is 0.222 e. The van der Waals surface area contributed by atoms with Crippen LogP contribution in [0.4, 0.5) is 5.69 Å². The van der Waals surface area contributed by atoms with Gasteiger partial charge in [-0.3, -0.25) is 4.79 Å². The highest BCUT2D eigenvalue weighted by Gasteiger charge is 2.21. The molecule has 2 heterocycles. The number of aliphatic imine (C=N–C) groups is 1. The third-order valence-electron chi connectivity index (χ3n) is 4.12. The number of likely N-dealkylation sites (tertiary alicyclic amines) is 1. The molecule has 22 heavy (non-hydrogen) atoms. The van der Waals surface area contributed by atoms with Gasteiger partial charge in [-0.2, -0.15) is 0 Å². The van der Waals surface area contributed by atoms with Crippen molar-refractivity contribution in [3.8, 4) is 0 Å². The Morgan fingerprint density at radius 2 is 2.36 bits per heavy atom. The van der Waals surface area contributed by atoms with Crippen molar-refractivity contribution in [2.45, 2.75) is 32.2 Å². The van der Waals surface area contributed by atoms with Crippen molar-refractivity contribution in [2.75, 3.05) is 19.6 Å². The van der Waals surface area contributed by atoms with Crippen molar-refractivity contribution in [1.82, 2.24) is 15.5 Å². The summed E-state index contributed by atoms with van der Waals surface area (Å²) < 4.78 is 0. The molecule has 1 aromatic carbocycles. The van der Waals surface area contributed by atoms with Gasteiger partial charge >= 0.3 is 0 Å². The SMILES string of the molecule is CC1NC(NCCCN2CCCC2=O)=Nc2cccc(Cl)c21. The lowest BCUT2D eigenvalue weighted by Crippen LogP contribution is -2.41. The van der Waals surface area contributed by atoms with Crippen molar-refractivity contribution in [2.24, 2.45) is 4.99 Å². The molecule has 0 aromatic heterocycles. The summed E-state index contributed by atoms with van der Waals surface area (Å²) in [4.78, 5) is 18.0. The van der Waals surface area contributed by atoms with Gasteiger partial charge in [0.15, 0.2) is 5.96 Å². The fraction of sp³-hybridized carbons (Fsp3) is 0.500. The molecule has 0 spiro atoms. The molecule has 1 amide bonds. The number of nitrogens with zero attached hydrogens (tertiary/aromatic N) is 2. The maximum atomic E-state index is 11.5. The van der Waals surface area contributed by atoms with E-state index < -0.39 is 0 Å². The van der Waals surface area contributed by atoms with E-state index in [0.29, 0.717) is 6.42 Å². The van der Waals surface area contributed by atoms with Crippen LogP contribution in [0.15, 0.2) is 23.2 Å². The quantitative estimate of drug-likeness (QED) is 0.838. The average Bonchev–Trinajstić information content (AvgIpc) is 2.89. The fourth-order valence-electron chi connectivity index (χ4n) is 2.99. The Morgan fingerprint density at radius 1 is 1.50 bits per heavy atom. The highest BCUT2D eigenvalue weighted by atomic mass is 35.5. The third kappa shape index (κ3) is 3.19. The summed E-state index contributed by atoms with van der Waals surface area (Å²) in [7, 11) is 0. The Labute approximate surface area is 135 Å². The molecular formula is C16H21ClN4O. The lowest BCUT2D eigenvalue weighted by Gasteiger charge is -2.25. The van der Waals surface area contributed by atoms with Gasteiger partial charge in [-0.15, -0.1) is 0 Å². The molecule has 1 fully saturated rings. The van der Waals surface area contributed by atoms with E-state index in [4.69, 9.17) is 11.6 Å². The van der Waals surface area contributed by atoms with E-state index in [9.17, 15) is 4.79 Å². The lowest BCUT2D eigenvalue weighted by molar-refractivity contribution is -0.127. The van der Waals surface area contributed by atoms with Gasteiger partial charge in [0.05, 0.1) is 11.7 Å². The van der Waals surface area contributed by atoms with Crippen molar-refractivity contribution >= 4 is 29.2 Å². The minimum atomic E-state index is 0.129. The first kappa shape index (κ1) is 15.2. The first-order valence-corrected chi connectivity index (χ1v) is 8.18. The number of rotatable bonds is 4. The van der Waals surface area contributed by atoms with E-state index in [0.717, 1.165) is 54.7 Å². The first-order valence-electron chi connectivity index (χ1n) is 7.80. The van der Waals surface area contributed by atoms with Crippen LogP contribution >= 0.6 is 11.6 Å². The van der Waals surface area contributed by atoms with Crippen LogP contribution in [0, 0.1) is 0 Å². The standard InChI is InChI=1S/C16H21ClN4O/c1-11-15-12(17)5-2-6-13(15)20-16(19-11)18-8-4-10-21-9-3-7-14(21)22/h2,5-6,11H,3-4,7-10H2,1H3,(H2,18,19,20). The van der Waals surface area contributed by atoms with Crippen LogP contribution in [0.25, 0.3) is 0 Å². The number of amides is 1. The van der Waals surface area contributed by atoms with Crippen LogP contribution in [0.5, 0.6) is 0 Å². The molecule has 0 bridgehead atoms. The summed E-state index contributed by atoms with van der Waals surface area (Å²) in [5.74, 6) is 1.06. The Balaban J connectivity index is 1.54. The summed E-state index contributed by atoms with van der Waals surface area (Å²) in [6.07, 6.45) is 2.62. The monoisotopic (exact) mass is 320 g/mol. The van der Waals surface area contributed by atoms with Gasteiger partial charge in [-0.1, -0.05) is 17.7 Å². The molecule has 0 radical (unpaired) electrons. The largest absolute Gasteiger partial charge is 0.356 e.